The molecule has 2 fully saturated rings. The van der Waals surface area contributed by atoms with Crippen LogP contribution < -0.4 is 10.6 Å². The van der Waals surface area contributed by atoms with Crippen LogP contribution in [0.4, 0.5) is 0 Å². The van der Waals surface area contributed by atoms with Gasteiger partial charge in [0.15, 0.2) is 0 Å². The highest BCUT2D eigenvalue weighted by molar-refractivity contribution is 5.88. The maximum atomic E-state index is 11.9. The zero-order valence-electron chi connectivity index (χ0n) is 11.6. The molecule has 2 rings (SSSR count). The van der Waals surface area contributed by atoms with E-state index in [4.69, 9.17) is 0 Å². The first-order chi connectivity index (χ1) is 9.52. The van der Waals surface area contributed by atoms with Crippen molar-refractivity contribution in [2.45, 2.75) is 57.4 Å². The van der Waals surface area contributed by atoms with Crippen molar-refractivity contribution < 1.29 is 19.5 Å². The largest absolute Gasteiger partial charge is 0.481 e. The fourth-order valence-corrected chi connectivity index (χ4v) is 2.75. The molecular formula is C14H22N2O4. The highest BCUT2D eigenvalue weighted by Crippen LogP contribution is 2.39. The molecule has 20 heavy (non-hydrogen) atoms. The first-order valence-electron chi connectivity index (χ1n) is 7.31. The van der Waals surface area contributed by atoms with Gasteiger partial charge in [-0.05, 0) is 25.7 Å². The predicted octanol–water partition coefficient (Wildman–Crippen LogP) is 0.806. The van der Waals surface area contributed by atoms with Crippen molar-refractivity contribution in [1.29, 1.82) is 0 Å². The SMILES string of the molecule is O=C(CC1(C(=O)O)CCCCC1)NCC(=O)NC1CC1. The molecule has 0 aromatic heterocycles. The maximum absolute atomic E-state index is 11.9. The lowest BCUT2D eigenvalue weighted by Gasteiger charge is -2.32. The molecule has 2 aliphatic rings. The van der Waals surface area contributed by atoms with Crippen LogP contribution >= 0.6 is 0 Å². The number of nitrogens with one attached hydrogen (secondary N) is 2. The molecule has 0 atom stereocenters. The van der Waals surface area contributed by atoms with Crippen molar-refractivity contribution in [3.8, 4) is 0 Å². The summed E-state index contributed by atoms with van der Waals surface area (Å²) in [5.74, 6) is -1.44. The molecule has 0 aromatic rings. The first-order valence-corrected chi connectivity index (χ1v) is 7.31. The van der Waals surface area contributed by atoms with Crippen LogP contribution in [0.3, 0.4) is 0 Å². The van der Waals surface area contributed by atoms with Crippen molar-refractivity contribution in [1.82, 2.24) is 10.6 Å². The molecule has 2 amide bonds. The van der Waals surface area contributed by atoms with Crippen LogP contribution in [0, 0.1) is 5.41 Å². The third-order valence-electron chi connectivity index (χ3n) is 4.15. The lowest BCUT2D eigenvalue weighted by Crippen LogP contribution is -2.42. The van der Waals surface area contributed by atoms with Gasteiger partial charge in [0.25, 0.3) is 0 Å². The number of amides is 2. The van der Waals surface area contributed by atoms with Crippen molar-refractivity contribution in [2.75, 3.05) is 6.54 Å². The Morgan fingerprint density at radius 2 is 1.70 bits per heavy atom. The quantitative estimate of drug-likeness (QED) is 0.671. The molecule has 2 aliphatic carbocycles. The zero-order chi connectivity index (χ0) is 14.6. The predicted molar refractivity (Wildman–Crippen MR) is 71.9 cm³/mol. The van der Waals surface area contributed by atoms with Gasteiger partial charge >= 0.3 is 5.97 Å². The maximum Gasteiger partial charge on any atom is 0.310 e. The van der Waals surface area contributed by atoms with E-state index in [2.05, 4.69) is 10.6 Å². The second-order valence-corrected chi connectivity index (χ2v) is 5.94. The normalized spacial score (nSPS) is 21.0. The Bertz CT molecular complexity index is 398. The van der Waals surface area contributed by atoms with Crippen LogP contribution in [0.1, 0.15) is 51.4 Å². The summed E-state index contributed by atoms with van der Waals surface area (Å²) >= 11 is 0. The summed E-state index contributed by atoms with van der Waals surface area (Å²) in [6.07, 6.45) is 5.79. The Labute approximate surface area is 118 Å². The summed E-state index contributed by atoms with van der Waals surface area (Å²) in [6, 6.07) is 0.267. The van der Waals surface area contributed by atoms with Crippen molar-refractivity contribution in [3.63, 3.8) is 0 Å². The average Bonchev–Trinajstić information content (AvgIpc) is 3.21. The lowest BCUT2D eigenvalue weighted by molar-refractivity contribution is -0.154. The Balaban J connectivity index is 1.78. The van der Waals surface area contributed by atoms with Crippen LogP contribution in [-0.2, 0) is 14.4 Å². The van der Waals surface area contributed by atoms with E-state index in [1.807, 2.05) is 0 Å². The highest BCUT2D eigenvalue weighted by Gasteiger charge is 2.41. The Morgan fingerprint density at radius 1 is 1.05 bits per heavy atom. The summed E-state index contributed by atoms with van der Waals surface area (Å²) in [5, 5.41) is 14.7. The van der Waals surface area contributed by atoms with Gasteiger partial charge in [-0.15, -0.1) is 0 Å². The van der Waals surface area contributed by atoms with E-state index in [0.29, 0.717) is 12.8 Å². The number of hydrogen-bond donors (Lipinski definition) is 3. The molecule has 0 saturated heterocycles. The van der Waals surface area contributed by atoms with Gasteiger partial charge in [0, 0.05) is 12.5 Å². The van der Waals surface area contributed by atoms with Crippen LogP contribution in [0.15, 0.2) is 0 Å². The molecule has 2 saturated carbocycles. The molecule has 0 unspecified atom stereocenters. The van der Waals surface area contributed by atoms with Gasteiger partial charge in [0.1, 0.15) is 0 Å². The van der Waals surface area contributed by atoms with Crippen molar-refractivity contribution in [2.24, 2.45) is 5.41 Å². The minimum Gasteiger partial charge on any atom is -0.481 e. The Morgan fingerprint density at radius 3 is 2.25 bits per heavy atom. The first kappa shape index (κ1) is 14.8. The van der Waals surface area contributed by atoms with E-state index in [-0.39, 0.29) is 30.8 Å². The summed E-state index contributed by atoms with van der Waals surface area (Å²) in [4.78, 5) is 34.8. The van der Waals surface area contributed by atoms with Crippen LogP contribution in [0.2, 0.25) is 0 Å². The average molecular weight is 282 g/mol. The van der Waals surface area contributed by atoms with E-state index in [1.165, 1.54) is 0 Å². The number of carbonyl (C=O) groups excluding carboxylic acids is 2. The Kier molecular flexibility index (Phi) is 4.62. The number of carboxylic acids is 1. The van der Waals surface area contributed by atoms with E-state index >= 15 is 0 Å². The second kappa shape index (κ2) is 6.24. The molecule has 6 heteroatoms. The third-order valence-corrected chi connectivity index (χ3v) is 4.15. The molecular weight excluding hydrogens is 260 g/mol. The highest BCUT2D eigenvalue weighted by atomic mass is 16.4. The zero-order valence-corrected chi connectivity index (χ0v) is 11.6. The minimum atomic E-state index is -0.935. The van der Waals surface area contributed by atoms with Gasteiger partial charge in [-0.25, -0.2) is 0 Å². The smallest absolute Gasteiger partial charge is 0.310 e. The summed E-state index contributed by atoms with van der Waals surface area (Å²) < 4.78 is 0. The second-order valence-electron chi connectivity index (χ2n) is 5.94. The number of rotatable bonds is 6. The fourth-order valence-electron chi connectivity index (χ4n) is 2.75. The molecule has 0 spiro atoms. The van der Waals surface area contributed by atoms with E-state index < -0.39 is 11.4 Å². The molecule has 0 bridgehead atoms. The van der Waals surface area contributed by atoms with Gasteiger partial charge in [-0.3, -0.25) is 14.4 Å². The molecule has 0 radical (unpaired) electrons. The minimum absolute atomic E-state index is 0.0287. The lowest BCUT2D eigenvalue weighted by atomic mass is 9.71. The summed E-state index contributed by atoms with van der Waals surface area (Å²) in [7, 11) is 0. The topological polar surface area (TPSA) is 95.5 Å². The van der Waals surface area contributed by atoms with Gasteiger partial charge in [-0.1, -0.05) is 19.3 Å². The molecule has 0 aliphatic heterocycles. The van der Waals surface area contributed by atoms with Gasteiger partial charge < -0.3 is 15.7 Å². The number of carboxylic acid groups (broad SMARTS) is 1. The number of carbonyl (C=O) groups is 3. The molecule has 6 nitrogen and oxygen atoms in total. The third kappa shape index (κ3) is 3.95. The van der Waals surface area contributed by atoms with E-state index in [0.717, 1.165) is 32.1 Å². The molecule has 112 valence electrons. The number of hydrogen-bond acceptors (Lipinski definition) is 3. The fraction of sp³-hybridized carbons (Fsp3) is 0.786. The van der Waals surface area contributed by atoms with Crippen molar-refractivity contribution in [3.05, 3.63) is 0 Å². The summed E-state index contributed by atoms with van der Waals surface area (Å²) in [5.41, 5.74) is -0.935. The molecule has 3 N–H and O–H groups in total. The summed E-state index contributed by atoms with van der Waals surface area (Å²) in [6.45, 7) is -0.0645. The standard InChI is InChI=1S/C14H22N2O4/c17-11(15-9-12(18)16-10-4-5-10)8-14(13(19)20)6-2-1-3-7-14/h10H,1-9H2,(H,15,17)(H,16,18)(H,19,20). The van der Waals surface area contributed by atoms with Gasteiger partial charge in [-0.2, -0.15) is 0 Å². The van der Waals surface area contributed by atoms with Crippen LogP contribution in [-0.4, -0.2) is 35.5 Å². The molecule has 0 aromatic carbocycles. The monoisotopic (exact) mass is 282 g/mol. The van der Waals surface area contributed by atoms with Crippen LogP contribution in [0.5, 0.6) is 0 Å². The van der Waals surface area contributed by atoms with E-state index in [1.54, 1.807) is 0 Å². The molecule has 0 heterocycles. The van der Waals surface area contributed by atoms with Crippen molar-refractivity contribution >= 4 is 17.8 Å². The van der Waals surface area contributed by atoms with E-state index in [9.17, 15) is 19.5 Å². The van der Waals surface area contributed by atoms with Gasteiger partial charge in [0.2, 0.25) is 11.8 Å². The van der Waals surface area contributed by atoms with Gasteiger partial charge in [0.05, 0.1) is 12.0 Å². The number of aliphatic carboxylic acids is 1. The Hall–Kier alpha value is -1.59. The van der Waals surface area contributed by atoms with Crippen LogP contribution in [0.25, 0.3) is 0 Å².